The van der Waals surface area contributed by atoms with Crippen LogP contribution in [0.4, 0.5) is 0 Å². The average molecular weight is 257 g/mol. The van der Waals surface area contributed by atoms with Gasteiger partial charge in [0.1, 0.15) is 0 Å². The number of nitrogens with one attached hydrogen (secondary N) is 1. The Labute approximate surface area is 108 Å². The minimum Gasteiger partial charge on any atom is -0.338 e. The first-order chi connectivity index (χ1) is 7.87. The van der Waals surface area contributed by atoms with E-state index in [9.17, 15) is 0 Å². The lowest BCUT2D eigenvalue weighted by Gasteiger charge is -2.18. The van der Waals surface area contributed by atoms with Crippen LogP contribution in [-0.4, -0.2) is 21.4 Å². The van der Waals surface area contributed by atoms with Crippen LogP contribution in [0, 0.1) is 5.92 Å². The van der Waals surface area contributed by atoms with Crippen molar-refractivity contribution in [3.05, 3.63) is 11.7 Å². The van der Waals surface area contributed by atoms with Gasteiger partial charge in [-0.25, -0.2) is 0 Å². The van der Waals surface area contributed by atoms with Crippen LogP contribution >= 0.6 is 11.8 Å². The molecule has 1 aromatic heterocycles. The maximum Gasteiger partial charge on any atom is 0.240 e. The van der Waals surface area contributed by atoms with Gasteiger partial charge in [0, 0.05) is 5.54 Å². The van der Waals surface area contributed by atoms with E-state index in [-0.39, 0.29) is 5.54 Å². The molecule has 1 rings (SSSR count). The van der Waals surface area contributed by atoms with Crippen LogP contribution in [0.25, 0.3) is 0 Å². The molecule has 0 amide bonds. The SMILES string of the molecule is CC(C)CSCc1noc(CNC(C)(C)C)n1. The van der Waals surface area contributed by atoms with Crippen LogP contribution in [-0.2, 0) is 12.3 Å². The smallest absolute Gasteiger partial charge is 0.240 e. The van der Waals surface area contributed by atoms with Crippen molar-refractivity contribution >= 4 is 11.8 Å². The summed E-state index contributed by atoms with van der Waals surface area (Å²) in [7, 11) is 0. The van der Waals surface area contributed by atoms with Gasteiger partial charge >= 0.3 is 0 Å². The molecule has 0 aliphatic heterocycles. The summed E-state index contributed by atoms with van der Waals surface area (Å²) in [5, 5.41) is 7.29. The van der Waals surface area contributed by atoms with Crippen LogP contribution in [0.2, 0.25) is 0 Å². The van der Waals surface area contributed by atoms with E-state index in [1.807, 2.05) is 11.8 Å². The molecule has 0 aliphatic carbocycles. The summed E-state index contributed by atoms with van der Waals surface area (Å²) in [5.41, 5.74) is 0.0705. The lowest BCUT2D eigenvalue weighted by molar-refractivity contribution is 0.334. The normalized spacial score (nSPS) is 12.4. The molecule has 0 fully saturated rings. The Morgan fingerprint density at radius 3 is 2.65 bits per heavy atom. The molecule has 17 heavy (non-hydrogen) atoms. The van der Waals surface area contributed by atoms with E-state index >= 15 is 0 Å². The molecule has 0 radical (unpaired) electrons. The highest BCUT2D eigenvalue weighted by Gasteiger charge is 2.12. The van der Waals surface area contributed by atoms with Crippen LogP contribution < -0.4 is 5.32 Å². The number of thioether (sulfide) groups is 1. The zero-order valence-electron chi connectivity index (χ0n) is 11.4. The second-order valence-corrected chi connectivity index (χ2v) is 6.65. The molecule has 4 nitrogen and oxygen atoms in total. The van der Waals surface area contributed by atoms with Crippen molar-refractivity contribution in [1.29, 1.82) is 0 Å². The molecule has 1 aromatic rings. The lowest BCUT2D eigenvalue weighted by atomic mass is 10.1. The third-order valence-corrected chi connectivity index (χ3v) is 3.33. The molecule has 0 aliphatic rings. The molecular weight excluding hydrogens is 234 g/mol. The van der Waals surface area contributed by atoms with Crippen molar-refractivity contribution in [2.45, 2.75) is 52.5 Å². The largest absolute Gasteiger partial charge is 0.338 e. The third-order valence-electron chi connectivity index (χ3n) is 1.96. The lowest BCUT2D eigenvalue weighted by Crippen LogP contribution is -2.35. The Morgan fingerprint density at radius 2 is 2.06 bits per heavy atom. The van der Waals surface area contributed by atoms with Gasteiger partial charge in [-0.05, 0) is 32.4 Å². The van der Waals surface area contributed by atoms with E-state index < -0.39 is 0 Å². The number of hydrogen-bond acceptors (Lipinski definition) is 5. The van der Waals surface area contributed by atoms with Crippen molar-refractivity contribution in [1.82, 2.24) is 15.5 Å². The van der Waals surface area contributed by atoms with Crippen LogP contribution in [0.5, 0.6) is 0 Å². The Bertz CT molecular complexity index is 331. The van der Waals surface area contributed by atoms with Crippen molar-refractivity contribution in [2.24, 2.45) is 5.92 Å². The average Bonchev–Trinajstić information content (AvgIpc) is 2.61. The van der Waals surface area contributed by atoms with E-state index in [1.54, 1.807) is 0 Å². The van der Waals surface area contributed by atoms with Gasteiger partial charge in [-0.3, -0.25) is 0 Å². The molecule has 0 aromatic carbocycles. The molecule has 0 saturated carbocycles. The third kappa shape index (κ3) is 6.68. The first-order valence-electron chi connectivity index (χ1n) is 6.01. The summed E-state index contributed by atoms with van der Waals surface area (Å²) in [4.78, 5) is 4.35. The molecule has 1 N–H and O–H groups in total. The first-order valence-corrected chi connectivity index (χ1v) is 7.16. The molecule has 0 atom stereocenters. The topological polar surface area (TPSA) is 51.0 Å². The molecule has 0 unspecified atom stereocenters. The molecule has 1 heterocycles. The van der Waals surface area contributed by atoms with Gasteiger partial charge in [-0.1, -0.05) is 19.0 Å². The highest BCUT2D eigenvalue weighted by Crippen LogP contribution is 2.13. The van der Waals surface area contributed by atoms with E-state index in [4.69, 9.17) is 4.52 Å². The number of nitrogens with zero attached hydrogens (tertiary/aromatic N) is 2. The zero-order valence-corrected chi connectivity index (χ0v) is 12.2. The number of aromatic nitrogens is 2. The van der Waals surface area contributed by atoms with Crippen LogP contribution in [0.1, 0.15) is 46.3 Å². The van der Waals surface area contributed by atoms with Crippen LogP contribution in [0.3, 0.4) is 0 Å². The highest BCUT2D eigenvalue weighted by atomic mass is 32.2. The van der Waals surface area contributed by atoms with Crippen molar-refractivity contribution in [3.8, 4) is 0 Å². The maximum atomic E-state index is 5.18. The van der Waals surface area contributed by atoms with Gasteiger partial charge in [0.15, 0.2) is 5.82 Å². The second kappa shape index (κ2) is 6.40. The maximum absolute atomic E-state index is 5.18. The fourth-order valence-electron chi connectivity index (χ4n) is 1.15. The standard InChI is InChI=1S/C12H23N3OS/c1-9(2)7-17-8-10-14-11(16-15-10)6-13-12(3,4)5/h9,13H,6-8H2,1-5H3. The summed E-state index contributed by atoms with van der Waals surface area (Å²) in [6.45, 7) is 11.4. The van der Waals surface area contributed by atoms with Gasteiger partial charge in [-0.2, -0.15) is 16.7 Å². The summed E-state index contributed by atoms with van der Waals surface area (Å²) < 4.78 is 5.18. The fraction of sp³-hybridized carbons (Fsp3) is 0.833. The summed E-state index contributed by atoms with van der Waals surface area (Å²) in [6, 6.07) is 0. The number of hydrogen-bond donors (Lipinski definition) is 1. The van der Waals surface area contributed by atoms with E-state index in [1.165, 1.54) is 0 Å². The van der Waals surface area contributed by atoms with E-state index in [2.05, 4.69) is 50.1 Å². The second-order valence-electron chi connectivity index (χ2n) is 5.62. The Morgan fingerprint density at radius 1 is 1.35 bits per heavy atom. The molecule has 5 heteroatoms. The Hall–Kier alpha value is -0.550. The summed E-state index contributed by atoms with van der Waals surface area (Å²) >= 11 is 1.85. The summed E-state index contributed by atoms with van der Waals surface area (Å²) in [6.07, 6.45) is 0. The minimum absolute atomic E-state index is 0.0705. The Kier molecular flexibility index (Phi) is 5.46. The van der Waals surface area contributed by atoms with Gasteiger partial charge in [0.2, 0.25) is 5.89 Å². The predicted octanol–water partition coefficient (Wildman–Crippen LogP) is 2.85. The molecule has 98 valence electrons. The number of rotatable bonds is 6. The molecule has 0 spiro atoms. The molecule has 0 bridgehead atoms. The van der Waals surface area contributed by atoms with E-state index in [0.29, 0.717) is 18.4 Å². The Balaban J connectivity index is 2.32. The van der Waals surface area contributed by atoms with Gasteiger partial charge < -0.3 is 9.84 Å². The van der Waals surface area contributed by atoms with Gasteiger partial charge in [-0.15, -0.1) is 0 Å². The van der Waals surface area contributed by atoms with Crippen LogP contribution in [0.15, 0.2) is 4.52 Å². The van der Waals surface area contributed by atoms with Gasteiger partial charge in [0.25, 0.3) is 0 Å². The van der Waals surface area contributed by atoms with Crippen molar-refractivity contribution in [2.75, 3.05) is 5.75 Å². The minimum atomic E-state index is 0.0705. The zero-order chi connectivity index (χ0) is 12.9. The first kappa shape index (κ1) is 14.5. The monoisotopic (exact) mass is 257 g/mol. The van der Waals surface area contributed by atoms with E-state index in [0.717, 1.165) is 17.3 Å². The molecular formula is C12H23N3OS. The van der Waals surface area contributed by atoms with Gasteiger partial charge in [0.05, 0.1) is 12.3 Å². The fourth-order valence-corrected chi connectivity index (χ4v) is 2.04. The van der Waals surface area contributed by atoms with Crippen molar-refractivity contribution in [3.63, 3.8) is 0 Å². The van der Waals surface area contributed by atoms with Crippen molar-refractivity contribution < 1.29 is 4.52 Å². The molecule has 0 saturated heterocycles. The quantitative estimate of drug-likeness (QED) is 0.849. The summed E-state index contributed by atoms with van der Waals surface area (Å²) in [5.74, 6) is 4.12. The predicted molar refractivity (Wildman–Crippen MR) is 71.9 cm³/mol. The highest BCUT2D eigenvalue weighted by molar-refractivity contribution is 7.98.